The summed E-state index contributed by atoms with van der Waals surface area (Å²) in [6, 6.07) is 5.85. The van der Waals surface area contributed by atoms with Gasteiger partial charge in [-0.3, -0.25) is 4.79 Å². The Kier molecular flexibility index (Phi) is 8.38. The lowest BCUT2D eigenvalue weighted by atomic mass is 10.2. The van der Waals surface area contributed by atoms with Crippen LogP contribution in [0.1, 0.15) is 39.2 Å². The maximum Gasteiger partial charge on any atom is 0.260 e. The Morgan fingerprint density at radius 2 is 2.00 bits per heavy atom. The molecule has 118 valence electrons. The molecular weight excluding hydrogens is 332 g/mol. The smallest absolute Gasteiger partial charge is 0.260 e. The quantitative estimate of drug-likeness (QED) is 0.667. The first-order valence-corrected chi connectivity index (χ1v) is 8.31. The van der Waals surface area contributed by atoms with Crippen LogP contribution in [0.5, 0.6) is 5.75 Å². The van der Waals surface area contributed by atoms with Crippen LogP contribution in [0.25, 0.3) is 0 Å². The summed E-state index contributed by atoms with van der Waals surface area (Å²) < 4.78 is 6.82. The van der Waals surface area contributed by atoms with Crippen molar-refractivity contribution in [2.45, 2.75) is 46.3 Å². The maximum atomic E-state index is 11.9. The lowest BCUT2D eigenvalue weighted by molar-refractivity contribution is -0.127. The van der Waals surface area contributed by atoms with E-state index in [1.54, 1.807) is 6.92 Å². The molecule has 0 aliphatic heterocycles. The van der Waals surface area contributed by atoms with Gasteiger partial charge in [-0.2, -0.15) is 0 Å². The SMILES string of the molecule is CCCNCc1cc(Br)ccc1OC(C)C(=O)NCCC. The average Bonchev–Trinajstić information content (AvgIpc) is 2.47. The minimum Gasteiger partial charge on any atom is -0.481 e. The van der Waals surface area contributed by atoms with Gasteiger partial charge in [0.25, 0.3) is 5.91 Å². The second-order valence-electron chi connectivity index (χ2n) is 4.98. The van der Waals surface area contributed by atoms with E-state index < -0.39 is 6.10 Å². The van der Waals surface area contributed by atoms with Crippen LogP contribution in [0.2, 0.25) is 0 Å². The van der Waals surface area contributed by atoms with Crippen molar-refractivity contribution in [1.82, 2.24) is 10.6 Å². The lowest BCUT2D eigenvalue weighted by Gasteiger charge is -2.17. The average molecular weight is 357 g/mol. The van der Waals surface area contributed by atoms with Crippen molar-refractivity contribution in [2.75, 3.05) is 13.1 Å². The van der Waals surface area contributed by atoms with E-state index in [0.29, 0.717) is 6.54 Å². The summed E-state index contributed by atoms with van der Waals surface area (Å²) in [5, 5.41) is 6.20. The van der Waals surface area contributed by atoms with Crippen LogP contribution in [0.3, 0.4) is 0 Å². The molecule has 4 nitrogen and oxygen atoms in total. The molecule has 1 aromatic carbocycles. The molecule has 0 aliphatic carbocycles. The molecule has 1 unspecified atom stereocenters. The van der Waals surface area contributed by atoms with Crippen LogP contribution >= 0.6 is 15.9 Å². The van der Waals surface area contributed by atoms with Gasteiger partial charge < -0.3 is 15.4 Å². The van der Waals surface area contributed by atoms with Crippen LogP contribution in [0.4, 0.5) is 0 Å². The van der Waals surface area contributed by atoms with Gasteiger partial charge in [-0.25, -0.2) is 0 Å². The first-order chi connectivity index (χ1) is 10.1. The molecule has 1 aromatic rings. The highest BCUT2D eigenvalue weighted by molar-refractivity contribution is 9.10. The number of carbonyl (C=O) groups excluding carboxylic acids is 1. The fraction of sp³-hybridized carbons (Fsp3) is 0.562. The van der Waals surface area contributed by atoms with Gasteiger partial charge in [0.1, 0.15) is 5.75 Å². The van der Waals surface area contributed by atoms with E-state index in [0.717, 1.165) is 41.7 Å². The molecule has 1 amide bonds. The van der Waals surface area contributed by atoms with Crippen molar-refractivity contribution >= 4 is 21.8 Å². The van der Waals surface area contributed by atoms with Crippen LogP contribution in [0.15, 0.2) is 22.7 Å². The summed E-state index contributed by atoms with van der Waals surface area (Å²) in [6.07, 6.45) is 1.51. The largest absolute Gasteiger partial charge is 0.481 e. The van der Waals surface area contributed by atoms with Crippen molar-refractivity contribution in [3.8, 4) is 5.75 Å². The Balaban J connectivity index is 2.70. The second-order valence-corrected chi connectivity index (χ2v) is 5.90. The zero-order valence-electron chi connectivity index (χ0n) is 13.0. The molecule has 0 heterocycles. The molecule has 2 N–H and O–H groups in total. The number of amides is 1. The molecule has 5 heteroatoms. The fourth-order valence-electron chi connectivity index (χ4n) is 1.84. The number of benzene rings is 1. The number of rotatable bonds is 9. The standard InChI is InChI=1S/C16H25BrN2O2/c1-4-8-18-11-13-10-14(17)6-7-15(13)21-12(3)16(20)19-9-5-2/h6-7,10,12,18H,4-5,8-9,11H2,1-3H3,(H,19,20). The first-order valence-electron chi connectivity index (χ1n) is 7.52. The predicted molar refractivity (Wildman–Crippen MR) is 89.5 cm³/mol. The molecule has 0 aliphatic rings. The van der Waals surface area contributed by atoms with Crippen LogP contribution in [-0.2, 0) is 11.3 Å². The molecule has 21 heavy (non-hydrogen) atoms. The van der Waals surface area contributed by atoms with Gasteiger partial charge in [-0.15, -0.1) is 0 Å². The number of carbonyl (C=O) groups is 1. The van der Waals surface area contributed by atoms with Gasteiger partial charge in [-0.05, 0) is 44.5 Å². The van der Waals surface area contributed by atoms with Crippen molar-refractivity contribution in [2.24, 2.45) is 0 Å². The van der Waals surface area contributed by atoms with Crippen LogP contribution in [0, 0.1) is 0 Å². The number of hydrogen-bond donors (Lipinski definition) is 2. The monoisotopic (exact) mass is 356 g/mol. The van der Waals surface area contributed by atoms with Crippen molar-refractivity contribution in [1.29, 1.82) is 0 Å². The van der Waals surface area contributed by atoms with Gasteiger partial charge in [-0.1, -0.05) is 29.8 Å². The van der Waals surface area contributed by atoms with E-state index in [2.05, 4.69) is 33.5 Å². The maximum absolute atomic E-state index is 11.9. The number of ether oxygens (including phenoxy) is 1. The second kappa shape index (κ2) is 9.79. The summed E-state index contributed by atoms with van der Waals surface area (Å²) in [6.45, 7) is 8.29. The first kappa shape index (κ1) is 18.0. The molecule has 0 bridgehead atoms. The highest BCUT2D eigenvalue weighted by atomic mass is 79.9. The zero-order valence-corrected chi connectivity index (χ0v) is 14.6. The summed E-state index contributed by atoms with van der Waals surface area (Å²) >= 11 is 3.47. The van der Waals surface area contributed by atoms with Crippen LogP contribution < -0.4 is 15.4 Å². The van der Waals surface area contributed by atoms with E-state index in [1.807, 2.05) is 25.1 Å². The third-order valence-corrected chi connectivity index (χ3v) is 3.48. The molecule has 0 spiro atoms. The highest BCUT2D eigenvalue weighted by Gasteiger charge is 2.15. The molecule has 0 radical (unpaired) electrons. The summed E-state index contributed by atoms with van der Waals surface area (Å²) in [4.78, 5) is 11.9. The molecule has 1 rings (SSSR count). The number of nitrogens with one attached hydrogen (secondary N) is 2. The third kappa shape index (κ3) is 6.48. The van der Waals surface area contributed by atoms with Gasteiger partial charge in [0.05, 0.1) is 0 Å². The summed E-state index contributed by atoms with van der Waals surface area (Å²) in [7, 11) is 0. The summed E-state index contributed by atoms with van der Waals surface area (Å²) in [5.74, 6) is 0.674. The molecule has 1 atom stereocenters. The molecule has 0 aromatic heterocycles. The van der Waals surface area contributed by atoms with E-state index >= 15 is 0 Å². The van der Waals surface area contributed by atoms with E-state index in [4.69, 9.17) is 4.74 Å². The Morgan fingerprint density at radius 3 is 2.67 bits per heavy atom. The lowest BCUT2D eigenvalue weighted by Crippen LogP contribution is -2.36. The van der Waals surface area contributed by atoms with E-state index in [1.165, 1.54) is 0 Å². The summed E-state index contributed by atoms with van der Waals surface area (Å²) in [5.41, 5.74) is 1.05. The normalized spacial score (nSPS) is 12.0. The number of halogens is 1. The van der Waals surface area contributed by atoms with Crippen molar-refractivity contribution in [3.63, 3.8) is 0 Å². The Bertz CT molecular complexity index is 452. The third-order valence-electron chi connectivity index (χ3n) is 2.99. The van der Waals surface area contributed by atoms with E-state index in [-0.39, 0.29) is 5.91 Å². The van der Waals surface area contributed by atoms with Gasteiger partial charge in [0, 0.05) is 23.1 Å². The number of hydrogen-bond acceptors (Lipinski definition) is 3. The van der Waals surface area contributed by atoms with Gasteiger partial charge in [0.15, 0.2) is 6.10 Å². The minimum absolute atomic E-state index is 0.0766. The molecular formula is C16H25BrN2O2. The van der Waals surface area contributed by atoms with Crippen molar-refractivity contribution in [3.05, 3.63) is 28.2 Å². The molecule has 0 fully saturated rings. The topological polar surface area (TPSA) is 50.4 Å². The predicted octanol–water partition coefficient (Wildman–Crippen LogP) is 3.24. The Labute approximate surface area is 135 Å². The molecule has 0 saturated heterocycles. The Morgan fingerprint density at radius 1 is 1.29 bits per heavy atom. The van der Waals surface area contributed by atoms with Crippen LogP contribution in [-0.4, -0.2) is 25.1 Å². The zero-order chi connectivity index (χ0) is 15.7. The van der Waals surface area contributed by atoms with Crippen molar-refractivity contribution < 1.29 is 9.53 Å². The fourth-order valence-corrected chi connectivity index (χ4v) is 2.25. The minimum atomic E-state index is -0.498. The molecule has 0 saturated carbocycles. The Hall–Kier alpha value is -1.07. The highest BCUT2D eigenvalue weighted by Crippen LogP contribution is 2.24. The van der Waals surface area contributed by atoms with Gasteiger partial charge in [0.2, 0.25) is 0 Å². The van der Waals surface area contributed by atoms with Gasteiger partial charge >= 0.3 is 0 Å². The van der Waals surface area contributed by atoms with E-state index in [9.17, 15) is 4.79 Å².